The molecule has 0 saturated carbocycles. The molecule has 1 heterocycles. The molecule has 0 aliphatic heterocycles. The molecule has 3 rings (SSSR count). The number of benzene rings is 1. The van der Waals surface area contributed by atoms with Gasteiger partial charge in [0.25, 0.3) is 0 Å². The Morgan fingerprint density at radius 2 is 1.95 bits per heavy atom. The Morgan fingerprint density at radius 3 is 2.75 bits per heavy atom. The third-order valence-corrected chi connectivity index (χ3v) is 3.64. The van der Waals surface area contributed by atoms with Crippen LogP contribution in [-0.4, -0.2) is 15.2 Å². The van der Waals surface area contributed by atoms with Crippen LogP contribution in [0.1, 0.15) is 35.2 Å². The molecule has 3 heteroatoms. The number of aromatic nitrogens is 1. The van der Waals surface area contributed by atoms with Crippen molar-refractivity contribution < 1.29 is 10.2 Å². The lowest BCUT2D eigenvalue weighted by Gasteiger charge is -2.18. The molecular formula is C17H17NO2. The van der Waals surface area contributed by atoms with Gasteiger partial charge in [0.05, 0.1) is 5.69 Å². The summed E-state index contributed by atoms with van der Waals surface area (Å²) in [5.74, 6) is -0.183. The zero-order valence-corrected chi connectivity index (χ0v) is 11.4. The second kappa shape index (κ2) is 5.00. The van der Waals surface area contributed by atoms with E-state index in [9.17, 15) is 10.2 Å². The van der Waals surface area contributed by atoms with Gasteiger partial charge in [-0.1, -0.05) is 12.1 Å². The van der Waals surface area contributed by atoms with Gasteiger partial charge in [0.2, 0.25) is 0 Å². The van der Waals surface area contributed by atoms with Crippen molar-refractivity contribution in [3.8, 4) is 11.5 Å². The Labute approximate surface area is 118 Å². The van der Waals surface area contributed by atoms with Crippen LogP contribution in [0.2, 0.25) is 0 Å². The largest absolute Gasteiger partial charge is 0.504 e. The minimum Gasteiger partial charge on any atom is -0.504 e. The third kappa shape index (κ3) is 2.39. The van der Waals surface area contributed by atoms with Crippen molar-refractivity contribution in [2.45, 2.75) is 26.2 Å². The molecule has 1 aliphatic carbocycles. The van der Waals surface area contributed by atoms with Crippen molar-refractivity contribution in [2.75, 3.05) is 0 Å². The van der Waals surface area contributed by atoms with Crippen LogP contribution in [-0.2, 0) is 6.42 Å². The van der Waals surface area contributed by atoms with Gasteiger partial charge in [-0.15, -0.1) is 0 Å². The molecular weight excluding hydrogens is 250 g/mol. The molecule has 2 N–H and O–H groups in total. The monoisotopic (exact) mass is 267 g/mol. The minimum atomic E-state index is -0.0926. The number of nitrogens with zero attached hydrogens (tertiary/aromatic N) is 1. The predicted octanol–water partition coefficient (Wildman–Crippen LogP) is 3.68. The molecule has 2 aromatic rings. The molecule has 0 amide bonds. The van der Waals surface area contributed by atoms with Gasteiger partial charge < -0.3 is 10.2 Å². The van der Waals surface area contributed by atoms with E-state index in [0.717, 1.165) is 30.5 Å². The third-order valence-electron chi connectivity index (χ3n) is 3.64. The van der Waals surface area contributed by atoms with Gasteiger partial charge in [0, 0.05) is 6.20 Å². The van der Waals surface area contributed by atoms with Crippen LogP contribution < -0.4 is 0 Å². The summed E-state index contributed by atoms with van der Waals surface area (Å²) in [6.07, 6.45) is 7.12. The number of fused-ring (bicyclic) bond motifs is 1. The predicted molar refractivity (Wildman–Crippen MR) is 79.6 cm³/mol. The van der Waals surface area contributed by atoms with E-state index < -0.39 is 0 Å². The normalized spacial score (nSPS) is 16.1. The summed E-state index contributed by atoms with van der Waals surface area (Å²) in [6.45, 7) is 2.06. The van der Waals surface area contributed by atoms with E-state index in [4.69, 9.17) is 0 Å². The standard InChI is InChI=1S/C17H17NO2/c1-11-7-13-3-2-4-14(17(13)18-10-11)8-12-5-6-15(19)16(20)9-12/h5-10,19-20H,2-4H2,1H3. The second-order valence-corrected chi connectivity index (χ2v) is 5.29. The van der Waals surface area contributed by atoms with Crippen LogP contribution in [0.25, 0.3) is 11.6 Å². The van der Waals surface area contributed by atoms with Crippen molar-refractivity contribution in [2.24, 2.45) is 0 Å². The highest BCUT2D eigenvalue weighted by Crippen LogP contribution is 2.32. The number of phenolic OH excluding ortho intramolecular Hbond substituents is 2. The molecule has 3 nitrogen and oxygen atoms in total. The number of pyridine rings is 1. The molecule has 0 bridgehead atoms. The number of hydrogen-bond acceptors (Lipinski definition) is 3. The Hall–Kier alpha value is -2.29. The maximum atomic E-state index is 9.57. The molecule has 0 radical (unpaired) electrons. The maximum absolute atomic E-state index is 9.57. The highest BCUT2D eigenvalue weighted by Gasteiger charge is 2.15. The summed E-state index contributed by atoms with van der Waals surface area (Å²) in [5.41, 5.74) is 5.62. The van der Waals surface area contributed by atoms with Gasteiger partial charge in [-0.2, -0.15) is 0 Å². The number of aromatic hydroxyl groups is 2. The lowest BCUT2D eigenvalue weighted by molar-refractivity contribution is 0.403. The van der Waals surface area contributed by atoms with E-state index in [-0.39, 0.29) is 11.5 Å². The van der Waals surface area contributed by atoms with Crippen molar-refractivity contribution >= 4 is 11.6 Å². The average molecular weight is 267 g/mol. The Bertz CT molecular complexity index is 689. The lowest BCUT2D eigenvalue weighted by atomic mass is 9.89. The average Bonchev–Trinajstić information content (AvgIpc) is 2.43. The van der Waals surface area contributed by atoms with Crippen LogP contribution in [0.15, 0.2) is 30.5 Å². The van der Waals surface area contributed by atoms with Crippen molar-refractivity contribution in [3.63, 3.8) is 0 Å². The molecule has 1 aromatic heterocycles. The first-order valence-corrected chi connectivity index (χ1v) is 6.82. The molecule has 0 atom stereocenters. The molecule has 102 valence electrons. The Kier molecular flexibility index (Phi) is 3.18. The number of hydrogen-bond donors (Lipinski definition) is 2. The fourth-order valence-corrected chi connectivity index (χ4v) is 2.67. The summed E-state index contributed by atoms with van der Waals surface area (Å²) < 4.78 is 0. The van der Waals surface area contributed by atoms with Crippen LogP contribution in [0.4, 0.5) is 0 Å². The molecule has 0 fully saturated rings. The van der Waals surface area contributed by atoms with E-state index >= 15 is 0 Å². The summed E-state index contributed by atoms with van der Waals surface area (Å²) >= 11 is 0. The summed E-state index contributed by atoms with van der Waals surface area (Å²) in [7, 11) is 0. The van der Waals surface area contributed by atoms with Crippen LogP contribution >= 0.6 is 0 Å². The van der Waals surface area contributed by atoms with E-state index in [1.54, 1.807) is 12.1 Å². The number of rotatable bonds is 1. The van der Waals surface area contributed by atoms with Gasteiger partial charge in [-0.25, -0.2) is 0 Å². The zero-order chi connectivity index (χ0) is 14.1. The molecule has 20 heavy (non-hydrogen) atoms. The van der Waals surface area contributed by atoms with E-state index in [0.29, 0.717) is 0 Å². The fraction of sp³-hybridized carbons (Fsp3) is 0.235. The van der Waals surface area contributed by atoms with Crippen molar-refractivity contribution in [1.29, 1.82) is 0 Å². The highest BCUT2D eigenvalue weighted by molar-refractivity contribution is 5.82. The molecule has 0 spiro atoms. The van der Waals surface area contributed by atoms with Crippen molar-refractivity contribution in [1.82, 2.24) is 4.98 Å². The van der Waals surface area contributed by atoms with Crippen LogP contribution in [0.5, 0.6) is 11.5 Å². The van der Waals surface area contributed by atoms with Gasteiger partial charge in [0.1, 0.15) is 0 Å². The SMILES string of the molecule is Cc1cnc2c(c1)CCCC2=Cc1ccc(O)c(O)c1. The maximum Gasteiger partial charge on any atom is 0.157 e. The van der Waals surface area contributed by atoms with Crippen LogP contribution in [0.3, 0.4) is 0 Å². The van der Waals surface area contributed by atoms with Gasteiger partial charge >= 0.3 is 0 Å². The lowest BCUT2D eigenvalue weighted by Crippen LogP contribution is -2.04. The van der Waals surface area contributed by atoms with Crippen molar-refractivity contribution in [3.05, 3.63) is 52.8 Å². The summed E-state index contributed by atoms with van der Waals surface area (Å²) in [4.78, 5) is 4.56. The van der Waals surface area contributed by atoms with Gasteiger partial charge in [-0.3, -0.25) is 4.98 Å². The van der Waals surface area contributed by atoms with E-state index in [2.05, 4.69) is 18.0 Å². The highest BCUT2D eigenvalue weighted by atomic mass is 16.3. The Balaban J connectivity index is 2.03. The molecule has 1 aromatic carbocycles. The number of aryl methyl sites for hydroxylation is 2. The zero-order valence-electron chi connectivity index (χ0n) is 11.4. The first kappa shape index (κ1) is 12.7. The van der Waals surface area contributed by atoms with Gasteiger partial charge in [0.15, 0.2) is 11.5 Å². The fourth-order valence-electron chi connectivity index (χ4n) is 2.67. The first-order valence-electron chi connectivity index (χ1n) is 6.82. The smallest absolute Gasteiger partial charge is 0.157 e. The van der Waals surface area contributed by atoms with E-state index in [1.165, 1.54) is 22.8 Å². The molecule has 1 aliphatic rings. The minimum absolute atomic E-state index is 0.0905. The summed E-state index contributed by atoms with van der Waals surface area (Å²) in [5, 5.41) is 18.9. The topological polar surface area (TPSA) is 53.4 Å². The quantitative estimate of drug-likeness (QED) is 0.775. The first-order chi connectivity index (χ1) is 9.63. The number of allylic oxidation sites excluding steroid dienone is 1. The van der Waals surface area contributed by atoms with E-state index in [1.807, 2.05) is 12.3 Å². The Morgan fingerprint density at radius 1 is 1.10 bits per heavy atom. The second-order valence-electron chi connectivity index (χ2n) is 5.29. The van der Waals surface area contributed by atoms with Crippen LogP contribution in [0, 0.1) is 6.92 Å². The molecule has 0 saturated heterocycles. The number of phenols is 2. The summed E-state index contributed by atoms with van der Waals surface area (Å²) in [6, 6.07) is 7.08. The molecule has 0 unspecified atom stereocenters. The van der Waals surface area contributed by atoms with Gasteiger partial charge in [-0.05, 0) is 66.7 Å².